The van der Waals surface area contributed by atoms with Crippen molar-refractivity contribution in [1.29, 1.82) is 0 Å². The number of carbonyl (C=O) groups is 2. The minimum absolute atomic E-state index is 0.0526. The highest BCUT2D eigenvalue weighted by molar-refractivity contribution is 6.31. The van der Waals surface area contributed by atoms with E-state index in [9.17, 15) is 9.59 Å². The van der Waals surface area contributed by atoms with Crippen molar-refractivity contribution in [3.05, 3.63) is 58.6 Å². The van der Waals surface area contributed by atoms with Gasteiger partial charge in [0.2, 0.25) is 0 Å². The molecule has 6 heteroatoms. The number of primary amides is 1. The monoisotopic (exact) mass is 358 g/mol. The molecule has 0 saturated carbocycles. The summed E-state index contributed by atoms with van der Waals surface area (Å²) in [6.45, 7) is 3.66. The maximum Gasteiger partial charge on any atom is 0.268 e. The van der Waals surface area contributed by atoms with Gasteiger partial charge in [-0.15, -0.1) is 0 Å². The van der Waals surface area contributed by atoms with E-state index < -0.39 is 12.0 Å². The third-order valence-electron chi connectivity index (χ3n) is 4.30. The van der Waals surface area contributed by atoms with E-state index in [0.717, 1.165) is 17.7 Å². The molecule has 0 spiro atoms. The number of amides is 2. The summed E-state index contributed by atoms with van der Waals surface area (Å²) in [6.07, 6.45) is 0.0372. The number of anilines is 1. The summed E-state index contributed by atoms with van der Waals surface area (Å²) in [4.78, 5) is 26.3. The van der Waals surface area contributed by atoms with Gasteiger partial charge in [-0.1, -0.05) is 29.8 Å². The third kappa shape index (κ3) is 3.33. The molecule has 0 aliphatic carbocycles. The summed E-state index contributed by atoms with van der Waals surface area (Å²) in [5.74, 6) is -0.572. The first-order valence-corrected chi connectivity index (χ1v) is 8.43. The molecule has 0 radical (unpaired) electrons. The number of nitrogens with zero attached hydrogens (tertiary/aromatic N) is 1. The Bertz CT molecular complexity index is 837. The van der Waals surface area contributed by atoms with Crippen LogP contribution in [-0.4, -0.2) is 24.0 Å². The third-order valence-corrected chi connectivity index (χ3v) is 4.54. The molecule has 5 nitrogen and oxygen atoms in total. The molecule has 3 rings (SSSR count). The molecular formula is C19H19ClN2O3. The van der Waals surface area contributed by atoms with Crippen LogP contribution in [0.1, 0.15) is 29.8 Å². The molecule has 1 heterocycles. The van der Waals surface area contributed by atoms with Crippen molar-refractivity contribution in [3.8, 4) is 5.75 Å². The van der Waals surface area contributed by atoms with Crippen LogP contribution in [0, 0.1) is 0 Å². The molecule has 1 aliphatic heterocycles. The van der Waals surface area contributed by atoms with Crippen LogP contribution in [0.3, 0.4) is 0 Å². The van der Waals surface area contributed by atoms with Gasteiger partial charge in [0.25, 0.3) is 11.8 Å². The van der Waals surface area contributed by atoms with Crippen molar-refractivity contribution in [2.75, 3.05) is 4.90 Å². The van der Waals surface area contributed by atoms with Crippen molar-refractivity contribution in [1.82, 2.24) is 0 Å². The molecule has 0 bridgehead atoms. The zero-order valence-electron chi connectivity index (χ0n) is 14.0. The van der Waals surface area contributed by atoms with Gasteiger partial charge in [-0.3, -0.25) is 9.59 Å². The van der Waals surface area contributed by atoms with Crippen molar-refractivity contribution in [2.24, 2.45) is 5.73 Å². The van der Waals surface area contributed by atoms with E-state index >= 15 is 0 Å². The van der Waals surface area contributed by atoms with Crippen LogP contribution in [0.5, 0.6) is 5.75 Å². The van der Waals surface area contributed by atoms with Crippen molar-refractivity contribution < 1.29 is 14.3 Å². The van der Waals surface area contributed by atoms with Crippen LogP contribution in [0.15, 0.2) is 42.5 Å². The normalized spacial score (nSPS) is 17.1. The highest BCUT2D eigenvalue weighted by Gasteiger charge is 2.34. The predicted octanol–water partition coefficient (Wildman–Crippen LogP) is 3.18. The number of halogens is 1. The standard InChI is InChI=1S/C19H19ClN2O3/c1-11-9-13-5-3-4-6-16(13)22(11)19(24)12(2)25-17-8-7-14(20)10-15(17)18(21)23/h3-8,10-12H,9H2,1-2H3,(H2,21,23). The molecule has 1 aliphatic rings. The van der Waals surface area contributed by atoms with Crippen molar-refractivity contribution in [2.45, 2.75) is 32.4 Å². The second-order valence-electron chi connectivity index (χ2n) is 6.15. The molecule has 2 N–H and O–H groups in total. The number of fused-ring (bicyclic) bond motifs is 1. The molecule has 130 valence electrons. The van der Waals surface area contributed by atoms with E-state index in [0.29, 0.717) is 5.02 Å². The van der Waals surface area contributed by atoms with Gasteiger partial charge in [-0.2, -0.15) is 0 Å². The number of ether oxygens (including phenoxy) is 1. The fourth-order valence-corrected chi connectivity index (χ4v) is 3.31. The van der Waals surface area contributed by atoms with Gasteiger partial charge >= 0.3 is 0 Å². The summed E-state index contributed by atoms with van der Waals surface area (Å²) in [6, 6.07) is 12.5. The van der Waals surface area contributed by atoms with Crippen LogP contribution in [0.2, 0.25) is 5.02 Å². The molecule has 0 saturated heterocycles. The quantitative estimate of drug-likeness (QED) is 0.912. The SMILES string of the molecule is CC(Oc1ccc(Cl)cc1C(N)=O)C(=O)N1c2ccccc2CC1C. The molecule has 2 unspecified atom stereocenters. The Kier molecular flexibility index (Phi) is 4.68. The molecule has 2 aromatic rings. The molecule has 25 heavy (non-hydrogen) atoms. The van der Waals surface area contributed by atoms with Gasteiger partial charge in [0, 0.05) is 16.8 Å². The van der Waals surface area contributed by atoms with Crippen LogP contribution in [-0.2, 0) is 11.2 Å². The van der Waals surface area contributed by atoms with E-state index in [4.69, 9.17) is 22.1 Å². The Morgan fingerprint density at radius 3 is 2.72 bits per heavy atom. The van der Waals surface area contributed by atoms with Gasteiger partial charge in [0.15, 0.2) is 6.10 Å². The van der Waals surface area contributed by atoms with Crippen LogP contribution >= 0.6 is 11.6 Å². The first-order valence-electron chi connectivity index (χ1n) is 8.05. The van der Waals surface area contributed by atoms with E-state index in [1.165, 1.54) is 6.07 Å². The topological polar surface area (TPSA) is 72.6 Å². The molecule has 0 fully saturated rings. The molecule has 2 amide bonds. The first-order chi connectivity index (χ1) is 11.9. The number of benzene rings is 2. The second kappa shape index (κ2) is 6.76. The predicted molar refractivity (Wildman–Crippen MR) is 97.2 cm³/mol. The Balaban J connectivity index is 1.84. The molecule has 2 atom stereocenters. The number of hydrogen-bond acceptors (Lipinski definition) is 3. The fourth-order valence-electron chi connectivity index (χ4n) is 3.14. The average molecular weight is 359 g/mol. The van der Waals surface area contributed by atoms with Gasteiger partial charge in [0.1, 0.15) is 5.75 Å². The summed E-state index contributed by atoms with van der Waals surface area (Å²) < 4.78 is 5.75. The van der Waals surface area contributed by atoms with Crippen LogP contribution < -0.4 is 15.4 Å². The smallest absolute Gasteiger partial charge is 0.268 e. The maximum absolute atomic E-state index is 12.9. The number of nitrogens with two attached hydrogens (primary N) is 1. The van der Waals surface area contributed by atoms with E-state index in [1.807, 2.05) is 31.2 Å². The van der Waals surface area contributed by atoms with Gasteiger partial charge in [-0.05, 0) is 50.1 Å². The highest BCUT2D eigenvalue weighted by atomic mass is 35.5. The number of para-hydroxylation sites is 1. The zero-order chi connectivity index (χ0) is 18.1. The Labute approximate surface area is 151 Å². The lowest BCUT2D eigenvalue weighted by Gasteiger charge is -2.26. The summed E-state index contributed by atoms with van der Waals surface area (Å²) in [7, 11) is 0. The lowest BCUT2D eigenvalue weighted by atomic mass is 10.1. The summed E-state index contributed by atoms with van der Waals surface area (Å²) in [5, 5.41) is 0.377. The van der Waals surface area contributed by atoms with E-state index in [-0.39, 0.29) is 23.3 Å². The second-order valence-corrected chi connectivity index (χ2v) is 6.59. The minimum Gasteiger partial charge on any atom is -0.480 e. The van der Waals surface area contributed by atoms with Gasteiger partial charge < -0.3 is 15.4 Å². The number of hydrogen-bond donors (Lipinski definition) is 1. The molecule has 0 aromatic heterocycles. The number of rotatable bonds is 4. The van der Waals surface area contributed by atoms with Crippen LogP contribution in [0.25, 0.3) is 0 Å². The van der Waals surface area contributed by atoms with E-state index in [2.05, 4.69) is 0 Å². The summed E-state index contributed by atoms with van der Waals surface area (Å²) in [5.41, 5.74) is 7.57. The lowest BCUT2D eigenvalue weighted by Crippen LogP contribution is -2.43. The average Bonchev–Trinajstić information content (AvgIpc) is 2.91. The fraction of sp³-hybridized carbons (Fsp3) is 0.263. The molecule has 2 aromatic carbocycles. The summed E-state index contributed by atoms with van der Waals surface area (Å²) >= 11 is 5.90. The Hall–Kier alpha value is -2.53. The van der Waals surface area contributed by atoms with Gasteiger partial charge in [0.05, 0.1) is 5.56 Å². The van der Waals surface area contributed by atoms with Crippen molar-refractivity contribution >= 4 is 29.1 Å². The first kappa shape index (κ1) is 17.3. The minimum atomic E-state index is -0.770. The zero-order valence-corrected chi connectivity index (χ0v) is 14.8. The lowest BCUT2D eigenvalue weighted by molar-refractivity contribution is -0.124. The molecular weight excluding hydrogens is 340 g/mol. The van der Waals surface area contributed by atoms with Gasteiger partial charge in [-0.25, -0.2) is 0 Å². The highest BCUT2D eigenvalue weighted by Crippen LogP contribution is 2.33. The maximum atomic E-state index is 12.9. The Morgan fingerprint density at radius 2 is 2.00 bits per heavy atom. The van der Waals surface area contributed by atoms with Crippen molar-refractivity contribution in [3.63, 3.8) is 0 Å². The Morgan fingerprint density at radius 1 is 1.28 bits per heavy atom. The van der Waals surface area contributed by atoms with E-state index in [1.54, 1.807) is 24.0 Å². The van der Waals surface area contributed by atoms with Crippen LogP contribution in [0.4, 0.5) is 5.69 Å². The largest absolute Gasteiger partial charge is 0.480 e. The number of carbonyl (C=O) groups excluding carboxylic acids is 2.